The zero-order valence-corrected chi connectivity index (χ0v) is 18.0. The molecule has 1 saturated heterocycles. The predicted molar refractivity (Wildman–Crippen MR) is 117 cm³/mol. The predicted octanol–water partition coefficient (Wildman–Crippen LogP) is 1.97. The maximum atomic E-state index is 14.1. The number of hydrogen-bond donors (Lipinski definition) is 3. The summed E-state index contributed by atoms with van der Waals surface area (Å²) in [6.07, 6.45) is -1.49. The average Bonchev–Trinajstić information content (AvgIpc) is 3.16. The van der Waals surface area contributed by atoms with Crippen LogP contribution in [0, 0.1) is 5.82 Å². The van der Waals surface area contributed by atoms with E-state index in [1.54, 1.807) is 42.5 Å². The van der Waals surface area contributed by atoms with Crippen LogP contribution in [0.5, 0.6) is 0 Å². The van der Waals surface area contributed by atoms with Crippen molar-refractivity contribution in [2.75, 3.05) is 6.54 Å². The van der Waals surface area contributed by atoms with E-state index in [0.717, 1.165) is 5.56 Å². The fraction of sp³-hybridized carbons (Fsp3) is 0.375. The van der Waals surface area contributed by atoms with Gasteiger partial charge in [0.25, 0.3) is 0 Å². The van der Waals surface area contributed by atoms with E-state index in [4.69, 9.17) is 10.8 Å². The summed E-state index contributed by atoms with van der Waals surface area (Å²) in [5, 5.41) is 11.5. The number of likely N-dealkylation sites (tertiary alicyclic amines) is 1. The molecular weight excluding hydrogens is 432 g/mol. The van der Waals surface area contributed by atoms with E-state index in [1.807, 2.05) is 0 Å². The molecule has 176 valence electrons. The Hall–Kier alpha value is -3.33. The van der Waals surface area contributed by atoms with E-state index in [9.17, 15) is 23.2 Å². The summed E-state index contributed by atoms with van der Waals surface area (Å²) in [6.45, 7) is -0.0261. The highest BCUT2D eigenvalue weighted by atomic mass is 19.1. The molecule has 2 amide bonds. The number of nitrogens with one attached hydrogen (secondary N) is 1. The number of rotatable bonds is 9. The molecule has 3 rings (SSSR count). The number of amides is 2. The van der Waals surface area contributed by atoms with Gasteiger partial charge in [-0.2, -0.15) is 0 Å². The largest absolute Gasteiger partial charge is 0.481 e. The van der Waals surface area contributed by atoms with Gasteiger partial charge in [0.2, 0.25) is 11.8 Å². The molecule has 7 nitrogen and oxygen atoms in total. The summed E-state index contributed by atoms with van der Waals surface area (Å²) in [7, 11) is 0. The number of carboxylic acids is 1. The van der Waals surface area contributed by atoms with Gasteiger partial charge in [-0.25, -0.2) is 8.78 Å². The third-order valence-electron chi connectivity index (χ3n) is 5.59. The lowest BCUT2D eigenvalue weighted by molar-refractivity contribution is -0.138. The standard InChI is InChI=1S/C24H27F2N3O4/c25-18-11-21(24(33)28-13-16-7-5-15(6-8-16)9-23(31)32)29(14-18)22(30)12-19(27)10-17-3-1-2-4-20(17)26/h1-8,18-19,21H,9-14,27H2,(H,28,33)(H,31,32)/t18-,19+,21-/m0/s1. The first-order valence-corrected chi connectivity index (χ1v) is 10.7. The minimum Gasteiger partial charge on any atom is -0.481 e. The summed E-state index contributed by atoms with van der Waals surface area (Å²) in [6, 6.07) is 11.3. The number of benzene rings is 2. The second kappa shape index (κ2) is 11.0. The lowest BCUT2D eigenvalue weighted by Gasteiger charge is -2.25. The molecule has 1 heterocycles. The minimum absolute atomic E-state index is 0.0945. The Morgan fingerprint density at radius 1 is 1.12 bits per heavy atom. The van der Waals surface area contributed by atoms with Crippen molar-refractivity contribution in [2.45, 2.75) is 50.5 Å². The first-order valence-electron chi connectivity index (χ1n) is 10.7. The van der Waals surface area contributed by atoms with Gasteiger partial charge in [0.15, 0.2) is 0 Å². The molecule has 0 saturated carbocycles. The molecule has 0 radical (unpaired) electrons. The quantitative estimate of drug-likeness (QED) is 0.531. The molecule has 0 aliphatic carbocycles. The number of alkyl halides is 1. The smallest absolute Gasteiger partial charge is 0.307 e. The molecule has 0 unspecified atom stereocenters. The van der Waals surface area contributed by atoms with Crippen molar-refractivity contribution in [3.8, 4) is 0 Å². The molecule has 33 heavy (non-hydrogen) atoms. The Kier molecular flexibility index (Phi) is 8.11. The van der Waals surface area contributed by atoms with Crippen molar-refractivity contribution in [1.82, 2.24) is 10.2 Å². The second-order valence-corrected chi connectivity index (χ2v) is 8.26. The number of carboxylic acid groups (broad SMARTS) is 1. The molecule has 4 N–H and O–H groups in total. The van der Waals surface area contributed by atoms with Gasteiger partial charge in [0.1, 0.15) is 18.0 Å². The number of nitrogens with two attached hydrogens (primary N) is 1. The Morgan fingerprint density at radius 2 is 1.79 bits per heavy atom. The van der Waals surface area contributed by atoms with Gasteiger partial charge in [-0.1, -0.05) is 42.5 Å². The van der Waals surface area contributed by atoms with E-state index < -0.39 is 41.9 Å². The molecule has 0 aromatic heterocycles. The van der Waals surface area contributed by atoms with Gasteiger partial charge in [0, 0.05) is 25.4 Å². The van der Waals surface area contributed by atoms with Crippen LogP contribution < -0.4 is 11.1 Å². The summed E-state index contributed by atoms with van der Waals surface area (Å²) >= 11 is 0. The molecule has 1 aliphatic rings. The zero-order valence-electron chi connectivity index (χ0n) is 18.0. The van der Waals surface area contributed by atoms with Crippen LogP contribution in [0.25, 0.3) is 0 Å². The highest BCUT2D eigenvalue weighted by Gasteiger charge is 2.39. The van der Waals surface area contributed by atoms with Crippen molar-refractivity contribution in [3.63, 3.8) is 0 Å². The summed E-state index contributed by atoms with van der Waals surface area (Å²) in [4.78, 5) is 37.4. The maximum absolute atomic E-state index is 14.1. The molecule has 0 spiro atoms. The number of halogens is 2. The summed E-state index contributed by atoms with van der Waals surface area (Å²) in [5.74, 6) is -2.26. The van der Waals surface area contributed by atoms with Crippen LogP contribution in [-0.2, 0) is 33.8 Å². The van der Waals surface area contributed by atoms with Crippen molar-refractivity contribution >= 4 is 17.8 Å². The third-order valence-corrected chi connectivity index (χ3v) is 5.59. The lowest BCUT2D eigenvalue weighted by atomic mass is 10.0. The van der Waals surface area contributed by atoms with Crippen LogP contribution in [0.3, 0.4) is 0 Å². The van der Waals surface area contributed by atoms with E-state index >= 15 is 0 Å². The van der Waals surface area contributed by atoms with Gasteiger partial charge >= 0.3 is 5.97 Å². The molecule has 2 aromatic rings. The lowest BCUT2D eigenvalue weighted by Crippen LogP contribution is -2.47. The zero-order chi connectivity index (χ0) is 24.0. The fourth-order valence-electron chi connectivity index (χ4n) is 3.93. The Labute approximate surface area is 190 Å². The van der Waals surface area contributed by atoms with Crippen molar-refractivity contribution in [1.29, 1.82) is 0 Å². The topological polar surface area (TPSA) is 113 Å². The van der Waals surface area contributed by atoms with Gasteiger partial charge < -0.3 is 21.1 Å². The van der Waals surface area contributed by atoms with Crippen molar-refractivity contribution in [3.05, 3.63) is 71.0 Å². The van der Waals surface area contributed by atoms with E-state index in [1.165, 1.54) is 11.0 Å². The molecule has 0 bridgehead atoms. The molecule has 1 aliphatic heterocycles. The average molecular weight is 459 g/mol. The number of hydrogen-bond acceptors (Lipinski definition) is 4. The molecule has 2 aromatic carbocycles. The molecule has 9 heteroatoms. The van der Waals surface area contributed by atoms with Gasteiger partial charge in [-0.05, 0) is 29.2 Å². The number of carbonyl (C=O) groups is 3. The second-order valence-electron chi connectivity index (χ2n) is 8.26. The first-order chi connectivity index (χ1) is 15.7. The SMILES string of the molecule is N[C@@H](CC(=O)N1C[C@@H](F)C[C@H]1C(=O)NCc1ccc(CC(=O)O)cc1)Cc1ccccc1F. The monoisotopic (exact) mass is 459 g/mol. The first kappa shape index (κ1) is 24.3. The van der Waals surface area contributed by atoms with Crippen LogP contribution in [-0.4, -0.2) is 52.6 Å². The van der Waals surface area contributed by atoms with Crippen LogP contribution in [0.15, 0.2) is 48.5 Å². The molecule has 1 fully saturated rings. The van der Waals surface area contributed by atoms with Crippen molar-refractivity contribution in [2.24, 2.45) is 5.73 Å². The summed E-state index contributed by atoms with van der Waals surface area (Å²) in [5.41, 5.74) is 7.81. The minimum atomic E-state index is -1.32. The Balaban J connectivity index is 1.55. The Morgan fingerprint density at radius 3 is 2.45 bits per heavy atom. The van der Waals surface area contributed by atoms with E-state index in [-0.39, 0.29) is 38.8 Å². The van der Waals surface area contributed by atoms with Gasteiger partial charge in [0.05, 0.1) is 13.0 Å². The number of carbonyl (C=O) groups excluding carboxylic acids is 2. The molecule has 3 atom stereocenters. The van der Waals surface area contributed by atoms with Gasteiger partial charge in [-0.3, -0.25) is 14.4 Å². The van der Waals surface area contributed by atoms with Crippen LogP contribution in [0.1, 0.15) is 29.5 Å². The normalized spacial score (nSPS) is 18.7. The highest BCUT2D eigenvalue weighted by molar-refractivity contribution is 5.88. The summed E-state index contributed by atoms with van der Waals surface area (Å²) < 4.78 is 27.9. The van der Waals surface area contributed by atoms with Crippen molar-refractivity contribution < 1.29 is 28.3 Å². The maximum Gasteiger partial charge on any atom is 0.307 e. The third kappa shape index (κ3) is 6.82. The van der Waals surface area contributed by atoms with E-state index in [2.05, 4.69) is 5.32 Å². The fourth-order valence-corrected chi connectivity index (χ4v) is 3.93. The van der Waals surface area contributed by atoms with E-state index in [0.29, 0.717) is 11.1 Å². The van der Waals surface area contributed by atoms with Crippen LogP contribution in [0.4, 0.5) is 8.78 Å². The Bertz CT molecular complexity index is 999. The number of nitrogens with zero attached hydrogens (tertiary/aromatic N) is 1. The highest BCUT2D eigenvalue weighted by Crippen LogP contribution is 2.22. The van der Waals surface area contributed by atoms with Crippen LogP contribution >= 0.6 is 0 Å². The van der Waals surface area contributed by atoms with Gasteiger partial charge in [-0.15, -0.1) is 0 Å². The van der Waals surface area contributed by atoms with Crippen LogP contribution in [0.2, 0.25) is 0 Å². The number of aliphatic carboxylic acids is 1. The molecular formula is C24H27F2N3O4.